The van der Waals surface area contributed by atoms with E-state index < -0.39 is 0 Å². The number of rotatable bonds is 8. The van der Waals surface area contributed by atoms with Crippen molar-refractivity contribution in [2.45, 2.75) is 26.7 Å². The number of ether oxygens (including phenoxy) is 1. The first-order valence-electron chi connectivity index (χ1n) is 6.69. The van der Waals surface area contributed by atoms with E-state index in [0.717, 1.165) is 11.3 Å². The van der Waals surface area contributed by atoms with Crippen LogP contribution in [0.25, 0.3) is 0 Å². The molecule has 1 aromatic rings. The van der Waals surface area contributed by atoms with Gasteiger partial charge in [-0.05, 0) is 30.9 Å². The SMILES string of the molecule is Cc1ccccc1OCCC(=O)NCC(C)CCO. The van der Waals surface area contributed by atoms with E-state index >= 15 is 0 Å². The molecule has 1 unspecified atom stereocenters. The first kappa shape index (κ1) is 15.5. The summed E-state index contributed by atoms with van der Waals surface area (Å²) in [6.07, 6.45) is 1.06. The van der Waals surface area contributed by atoms with Crippen LogP contribution in [0.3, 0.4) is 0 Å². The Labute approximate surface area is 114 Å². The lowest BCUT2D eigenvalue weighted by molar-refractivity contribution is -0.121. The highest BCUT2D eigenvalue weighted by Gasteiger charge is 2.06. The lowest BCUT2D eigenvalue weighted by Gasteiger charge is -2.12. The first-order chi connectivity index (χ1) is 9.13. The van der Waals surface area contributed by atoms with Crippen LogP contribution in [0.4, 0.5) is 0 Å². The van der Waals surface area contributed by atoms with E-state index in [0.29, 0.717) is 31.9 Å². The fraction of sp³-hybridized carbons (Fsp3) is 0.533. The molecule has 1 rings (SSSR count). The van der Waals surface area contributed by atoms with Crippen molar-refractivity contribution in [1.82, 2.24) is 5.32 Å². The van der Waals surface area contributed by atoms with Crippen LogP contribution in [0.2, 0.25) is 0 Å². The molecular formula is C15H23NO3. The zero-order chi connectivity index (χ0) is 14.1. The summed E-state index contributed by atoms with van der Waals surface area (Å²) in [6.45, 7) is 5.12. The Kier molecular flexibility index (Phi) is 6.97. The topological polar surface area (TPSA) is 58.6 Å². The molecule has 0 aliphatic rings. The van der Waals surface area contributed by atoms with Gasteiger partial charge in [-0.3, -0.25) is 4.79 Å². The Morgan fingerprint density at radius 2 is 2.16 bits per heavy atom. The number of aryl methyl sites for hydroxylation is 1. The summed E-state index contributed by atoms with van der Waals surface area (Å²) < 4.78 is 5.56. The fourth-order valence-corrected chi connectivity index (χ4v) is 1.67. The second-order valence-electron chi connectivity index (χ2n) is 4.79. The maximum atomic E-state index is 11.6. The number of aliphatic hydroxyl groups excluding tert-OH is 1. The molecule has 1 amide bonds. The van der Waals surface area contributed by atoms with Gasteiger partial charge in [0.1, 0.15) is 5.75 Å². The minimum atomic E-state index is -0.0154. The summed E-state index contributed by atoms with van der Waals surface area (Å²) in [4.78, 5) is 11.6. The first-order valence-corrected chi connectivity index (χ1v) is 6.69. The molecule has 0 fully saturated rings. The van der Waals surface area contributed by atoms with Crippen LogP contribution in [0, 0.1) is 12.8 Å². The Hall–Kier alpha value is -1.55. The summed E-state index contributed by atoms with van der Waals surface area (Å²) in [5, 5.41) is 11.6. The summed E-state index contributed by atoms with van der Waals surface area (Å²) in [7, 11) is 0. The molecule has 0 saturated carbocycles. The van der Waals surface area contributed by atoms with Gasteiger partial charge in [-0.1, -0.05) is 25.1 Å². The van der Waals surface area contributed by atoms with Crippen LogP contribution in [0.1, 0.15) is 25.3 Å². The van der Waals surface area contributed by atoms with Crippen LogP contribution in [0.15, 0.2) is 24.3 Å². The Bertz CT molecular complexity index is 393. The third-order valence-electron chi connectivity index (χ3n) is 2.95. The van der Waals surface area contributed by atoms with E-state index in [1.165, 1.54) is 0 Å². The van der Waals surface area contributed by atoms with Gasteiger partial charge in [0.15, 0.2) is 0 Å². The predicted molar refractivity (Wildman–Crippen MR) is 75.2 cm³/mol. The zero-order valence-corrected chi connectivity index (χ0v) is 11.7. The van der Waals surface area contributed by atoms with Crippen molar-refractivity contribution in [3.8, 4) is 5.75 Å². The van der Waals surface area contributed by atoms with Crippen molar-refractivity contribution >= 4 is 5.91 Å². The van der Waals surface area contributed by atoms with E-state index in [1.807, 2.05) is 38.1 Å². The molecule has 0 aliphatic heterocycles. The second kappa shape index (κ2) is 8.53. The monoisotopic (exact) mass is 265 g/mol. The van der Waals surface area contributed by atoms with Crippen molar-refractivity contribution in [3.05, 3.63) is 29.8 Å². The van der Waals surface area contributed by atoms with Gasteiger partial charge in [-0.15, -0.1) is 0 Å². The van der Waals surface area contributed by atoms with E-state index in [9.17, 15) is 4.79 Å². The van der Waals surface area contributed by atoms with Gasteiger partial charge in [0, 0.05) is 13.2 Å². The highest BCUT2D eigenvalue weighted by molar-refractivity contribution is 5.75. The van der Waals surface area contributed by atoms with Crippen LogP contribution < -0.4 is 10.1 Å². The van der Waals surface area contributed by atoms with Gasteiger partial charge >= 0.3 is 0 Å². The molecule has 106 valence electrons. The average molecular weight is 265 g/mol. The molecular weight excluding hydrogens is 242 g/mol. The molecule has 1 atom stereocenters. The number of hydrogen-bond donors (Lipinski definition) is 2. The van der Waals surface area contributed by atoms with E-state index in [1.54, 1.807) is 0 Å². The molecule has 0 heterocycles. The van der Waals surface area contributed by atoms with E-state index in [4.69, 9.17) is 9.84 Å². The summed E-state index contributed by atoms with van der Waals surface area (Å²) in [6, 6.07) is 7.75. The fourth-order valence-electron chi connectivity index (χ4n) is 1.67. The van der Waals surface area contributed by atoms with Gasteiger partial charge in [-0.2, -0.15) is 0 Å². The second-order valence-corrected chi connectivity index (χ2v) is 4.79. The highest BCUT2D eigenvalue weighted by Crippen LogP contribution is 2.16. The van der Waals surface area contributed by atoms with Crippen molar-refractivity contribution < 1.29 is 14.6 Å². The zero-order valence-electron chi connectivity index (χ0n) is 11.7. The van der Waals surface area contributed by atoms with Gasteiger partial charge < -0.3 is 15.2 Å². The molecule has 0 radical (unpaired) electrons. The van der Waals surface area contributed by atoms with Crippen LogP contribution in [-0.4, -0.2) is 30.8 Å². The molecule has 2 N–H and O–H groups in total. The van der Waals surface area contributed by atoms with Crippen molar-refractivity contribution in [3.63, 3.8) is 0 Å². The quantitative estimate of drug-likeness (QED) is 0.754. The summed E-state index contributed by atoms with van der Waals surface area (Å²) in [5.41, 5.74) is 1.07. The van der Waals surface area contributed by atoms with Gasteiger partial charge in [0.2, 0.25) is 5.91 Å². The lowest BCUT2D eigenvalue weighted by atomic mass is 10.1. The van der Waals surface area contributed by atoms with Gasteiger partial charge in [0.05, 0.1) is 13.0 Å². The highest BCUT2D eigenvalue weighted by atomic mass is 16.5. The molecule has 0 spiro atoms. The van der Waals surface area contributed by atoms with Crippen LogP contribution in [0.5, 0.6) is 5.75 Å². The number of aliphatic hydroxyl groups is 1. The Morgan fingerprint density at radius 3 is 2.84 bits per heavy atom. The standard InChI is InChI=1S/C15H23NO3/c1-12(7-9-17)11-16-15(18)8-10-19-14-6-4-3-5-13(14)2/h3-6,12,17H,7-11H2,1-2H3,(H,16,18). The molecule has 19 heavy (non-hydrogen) atoms. The maximum absolute atomic E-state index is 11.6. The summed E-state index contributed by atoms with van der Waals surface area (Å²) >= 11 is 0. The molecule has 1 aromatic carbocycles. The largest absolute Gasteiger partial charge is 0.493 e. The number of nitrogens with one attached hydrogen (secondary N) is 1. The third-order valence-corrected chi connectivity index (χ3v) is 2.95. The number of hydrogen-bond acceptors (Lipinski definition) is 3. The third kappa shape index (κ3) is 6.25. The Balaban J connectivity index is 2.19. The molecule has 0 saturated heterocycles. The molecule has 4 nitrogen and oxygen atoms in total. The van der Waals surface area contributed by atoms with Crippen molar-refractivity contribution in [1.29, 1.82) is 0 Å². The molecule has 0 aromatic heterocycles. The minimum Gasteiger partial charge on any atom is -0.493 e. The predicted octanol–water partition coefficient (Wildman–Crippen LogP) is 1.90. The number of benzene rings is 1. The van der Waals surface area contributed by atoms with Gasteiger partial charge in [0.25, 0.3) is 0 Å². The van der Waals surface area contributed by atoms with Crippen LogP contribution in [-0.2, 0) is 4.79 Å². The number of para-hydroxylation sites is 1. The normalized spacial score (nSPS) is 11.9. The van der Waals surface area contributed by atoms with Crippen LogP contribution >= 0.6 is 0 Å². The number of carbonyl (C=O) groups excluding carboxylic acids is 1. The molecule has 4 heteroatoms. The number of amides is 1. The Morgan fingerprint density at radius 1 is 1.42 bits per heavy atom. The summed E-state index contributed by atoms with van der Waals surface area (Å²) in [5.74, 6) is 1.11. The molecule has 0 aliphatic carbocycles. The minimum absolute atomic E-state index is 0.0154. The van der Waals surface area contributed by atoms with Crippen molar-refractivity contribution in [2.75, 3.05) is 19.8 Å². The van der Waals surface area contributed by atoms with Crippen molar-refractivity contribution in [2.24, 2.45) is 5.92 Å². The maximum Gasteiger partial charge on any atom is 0.223 e. The van der Waals surface area contributed by atoms with Gasteiger partial charge in [-0.25, -0.2) is 0 Å². The number of carbonyl (C=O) groups is 1. The smallest absolute Gasteiger partial charge is 0.223 e. The van der Waals surface area contributed by atoms with E-state index in [2.05, 4.69) is 5.32 Å². The lowest BCUT2D eigenvalue weighted by Crippen LogP contribution is -2.29. The molecule has 0 bridgehead atoms. The average Bonchev–Trinajstić information content (AvgIpc) is 2.39. The van der Waals surface area contributed by atoms with E-state index in [-0.39, 0.29) is 12.5 Å².